The molecule has 0 aromatic heterocycles. The van der Waals surface area contributed by atoms with Gasteiger partial charge in [-0.25, -0.2) is 5.43 Å². The Balaban J connectivity index is 2.95. The number of hydrogen-bond acceptors (Lipinski definition) is 2. The standard InChI is InChI=1S/C8H8Cl2N2O/c1-11-12-8(13)6-3-2-5(9)4-7(6)10/h2-4,11H,1H3,(H,12,13). The summed E-state index contributed by atoms with van der Waals surface area (Å²) in [5.74, 6) is -0.288. The van der Waals surface area contributed by atoms with Crippen molar-refractivity contribution in [2.24, 2.45) is 0 Å². The van der Waals surface area contributed by atoms with Gasteiger partial charge in [-0.05, 0) is 18.2 Å². The van der Waals surface area contributed by atoms with E-state index in [-0.39, 0.29) is 5.91 Å². The third-order valence-corrected chi connectivity index (χ3v) is 1.96. The third kappa shape index (κ3) is 2.59. The molecule has 3 nitrogen and oxygen atoms in total. The molecule has 70 valence electrons. The summed E-state index contributed by atoms with van der Waals surface area (Å²) in [5.41, 5.74) is 5.31. The SMILES string of the molecule is CNNC(=O)c1ccc(Cl)cc1Cl. The van der Waals surface area contributed by atoms with Crippen molar-refractivity contribution in [1.29, 1.82) is 0 Å². The molecule has 1 amide bonds. The molecule has 1 aromatic rings. The molecular formula is C8H8Cl2N2O. The van der Waals surface area contributed by atoms with E-state index in [9.17, 15) is 4.79 Å². The fraction of sp³-hybridized carbons (Fsp3) is 0.125. The van der Waals surface area contributed by atoms with Crippen LogP contribution in [0.5, 0.6) is 0 Å². The highest BCUT2D eigenvalue weighted by atomic mass is 35.5. The summed E-state index contributed by atoms with van der Waals surface area (Å²) in [6.07, 6.45) is 0. The van der Waals surface area contributed by atoms with Crippen LogP contribution in [0, 0.1) is 0 Å². The van der Waals surface area contributed by atoms with E-state index >= 15 is 0 Å². The minimum absolute atomic E-state index is 0.288. The van der Waals surface area contributed by atoms with Gasteiger partial charge in [0.05, 0.1) is 10.6 Å². The van der Waals surface area contributed by atoms with Gasteiger partial charge in [-0.3, -0.25) is 10.2 Å². The molecule has 0 bridgehead atoms. The molecule has 2 N–H and O–H groups in total. The highest BCUT2D eigenvalue weighted by Crippen LogP contribution is 2.20. The molecular weight excluding hydrogens is 211 g/mol. The van der Waals surface area contributed by atoms with Crippen molar-refractivity contribution in [3.63, 3.8) is 0 Å². The van der Waals surface area contributed by atoms with E-state index in [1.807, 2.05) is 0 Å². The van der Waals surface area contributed by atoms with E-state index < -0.39 is 0 Å². The maximum absolute atomic E-state index is 11.3. The van der Waals surface area contributed by atoms with Crippen LogP contribution in [-0.2, 0) is 0 Å². The van der Waals surface area contributed by atoms with Gasteiger partial charge >= 0.3 is 0 Å². The van der Waals surface area contributed by atoms with Crippen LogP contribution in [0.4, 0.5) is 0 Å². The maximum Gasteiger partial charge on any atom is 0.266 e. The Morgan fingerprint density at radius 3 is 2.62 bits per heavy atom. The van der Waals surface area contributed by atoms with Gasteiger partial charge in [0.25, 0.3) is 5.91 Å². The minimum Gasteiger partial charge on any atom is -0.288 e. The minimum atomic E-state index is -0.288. The zero-order valence-corrected chi connectivity index (χ0v) is 8.41. The molecule has 0 saturated heterocycles. The van der Waals surface area contributed by atoms with Crippen molar-refractivity contribution >= 4 is 29.1 Å². The third-order valence-electron chi connectivity index (χ3n) is 1.41. The number of amides is 1. The number of carbonyl (C=O) groups is 1. The van der Waals surface area contributed by atoms with Gasteiger partial charge in [0.1, 0.15) is 0 Å². The zero-order chi connectivity index (χ0) is 9.84. The molecule has 13 heavy (non-hydrogen) atoms. The first kappa shape index (κ1) is 10.3. The second kappa shape index (κ2) is 4.46. The van der Waals surface area contributed by atoms with Crippen LogP contribution in [0.15, 0.2) is 18.2 Å². The van der Waals surface area contributed by atoms with Crippen LogP contribution >= 0.6 is 23.2 Å². The average Bonchev–Trinajstić information content (AvgIpc) is 2.04. The Labute approximate surface area is 86.0 Å². The van der Waals surface area contributed by atoms with Crippen molar-refractivity contribution in [2.45, 2.75) is 0 Å². The number of rotatable bonds is 2. The summed E-state index contributed by atoms with van der Waals surface area (Å²) in [5, 5.41) is 0.839. The predicted octanol–water partition coefficient (Wildman–Crippen LogP) is 1.86. The summed E-state index contributed by atoms with van der Waals surface area (Å²) in [7, 11) is 1.60. The molecule has 0 unspecified atom stereocenters. The summed E-state index contributed by atoms with van der Waals surface area (Å²) in [6.45, 7) is 0. The Kier molecular flexibility index (Phi) is 3.54. The molecule has 0 aliphatic heterocycles. The van der Waals surface area contributed by atoms with Crippen LogP contribution in [0.2, 0.25) is 10.0 Å². The molecule has 0 heterocycles. The lowest BCUT2D eigenvalue weighted by Crippen LogP contribution is -2.34. The van der Waals surface area contributed by atoms with E-state index in [2.05, 4.69) is 10.9 Å². The maximum atomic E-state index is 11.3. The van der Waals surface area contributed by atoms with Crippen molar-refractivity contribution in [3.8, 4) is 0 Å². The summed E-state index contributed by atoms with van der Waals surface area (Å²) < 4.78 is 0. The van der Waals surface area contributed by atoms with E-state index in [0.717, 1.165) is 0 Å². The number of nitrogens with one attached hydrogen (secondary N) is 2. The van der Waals surface area contributed by atoms with Crippen LogP contribution in [0.25, 0.3) is 0 Å². The molecule has 0 saturated carbocycles. The second-order valence-corrected chi connectivity index (χ2v) is 3.17. The Morgan fingerprint density at radius 2 is 2.08 bits per heavy atom. The van der Waals surface area contributed by atoms with Gasteiger partial charge in [0, 0.05) is 12.1 Å². The van der Waals surface area contributed by atoms with Crippen LogP contribution in [0.3, 0.4) is 0 Å². The Morgan fingerprint density at radius 1 is 1.38 bits per heavy atom. The second-order valence-electron chi connectivity index (χ2n) is 2.33. The number of halogens is 2. The summed E-state index contributed by atoms with van der Waals surface area (Å²) in [6, 6.07) is 4.70. The van der Waals surface area contributed by atoms with Crippen molar-refractivity contribution in [3.05, 3.63) is 33.8 Å². The predicted molar refractivity (Wildman–Crippen MR) is 53.0 cm³/mol. The monoisotopic (exact) mass is 218 g/mol. The fourth-order valence-corrected chi connectivity index (χ4v) is 1.35. The summed E-state index contributed by atoms with van der Waals surface area (Å²) >= 11 is 11.5. The topological polar surface area (TPSA) is 41.1 Å². The van der Waals surface area contributed by atoms with Gasteiger partial charge in [0.2, 0.25) is 0 Å². The van der Waals surface area contributed by atoms with E-state index in [4.69, 9.17) is 23.2 Å². The molecule has 0 aliphatic rings. The lowest BCUT2D eigenvalue weighted by molar-refractivity contribution is 0.0938. The van der Waals surface area contributed by atoms with Crippen LogP contribution in [-0.4, -0.2) is 13.0 Å². The molecule has 0 radical (unpaired) electrons. The quantitative estimate of drug-likeness (QED) is 0.745. The first-order valence-corrected chi connectivity index (χ1v) is 4.33. The smallest absolute Gasteiger partial charge is 0.266 e. The fourth-order valence-electron chi connectivity index (χ4n) is 0.854. The molecule has 0 atom stereocenters. The zero-order valence-electron chi connectivity index (χ0n) is 6.90. The summed E-state index contributed by atoms with van der Waals surface area (Å²) in [4.78, 5) is 11.3. The Bertz CT molecular complexity index is 328. The molecule has 1 aromatic carbocycles. The van der Waals surface area contributed by atoms with Gasteiger partial charge < -0.3 is 0 Å². The molecule has 5 heteroatoms. The molecule has 1 rings (SSSR count). The van der Waals surface area contributed by atoms with Crippen molar-refractivity contribution < 1.29 is 4.79 Å². The number of carbonyl (C=O) groups excluding carboxylic acids is 1. The highest BCUT2D eigenvalue weighted by molar-refractivity contribution is 6.36. The molecule has 0 aliphatic carbocycles. The van der Waals surface area contributed by atoms with Crippen molar-refractivity contribution in [2.75, 3.05) is 7.05 Å². The normalized spacial score (nSPS) is 9.77. The first-order valence-electron chi connectivity index (χ1n) is 3.57. The van der Waals surface area contributed by atoms with E-state index in [1.54, 1.807) is 19.2 Å². The van der Waals surface area contributed by atoms with Gasteiger partial charge in [-0.2, -0.15) is 0 Å². The number of hydrogen-bond donors (Lipinski definition) is 2. The van der Waals surface area contributed by atoms with Gasteiger partial charge in [0.15, 0.2) is 0 Å². The van der Waals surface area contributed by atoms with E-state index in [1.165, 1.54) is 6.07 Å². The molecule has 0 spiro atoms. The van der Waals surface area contributed by atoms with Crippen LogP contribution < -0.4 is 10.9 Å². The largest absolute Gasteiger partial charge is 0.288 e. The molecule has 0 fully saturated rings. The average molecular weight is 219 g/mol. The lowest BCUT2D eigenvalue weighted by Gasteiger charge is -2.04. The highest BCUT2D eigenvalue weighted by Gasteiger charge is 2.08. The van der Waals surface area contributed by atoms with Gasteiger partial charge in [-0.15, -0.1) is 0 Å². The number of hydrazine groups is 1. The lowest BCUT2D eigenvalue weighted by atomic mass is 10.2. The Hall–Kier alpha value is -0.770. The number of benzene rings is 1. The van der Waals surface area contributed by atoms with Gasteiger partial charge in [-0.1, -0.05) is 23.2 Å². The van der Waals surface area contributed by atoms with E-state index in [0.29, 0.717) is 15.6 Å². The first-order chi connectivity index (χ1) is 6.15. The van der Waals surface area contributed by atoms with Crippen molar-refractivity contribution in [1.82, 2.24) is 10.9 Å². The van der Waals surface area contributed by atoms with Crippen LogP contribution in [0.1, 0.15) is 10.4 Å².